The predicted molar refractivity (Wildman–Crippen MR) is 107 cm³/mol. The molecule has 2 amide bonds. The first-order valence-electron chi connectivity index (χ1n) is 9.94. The molecule has 1 unspecified atom stereocenters. The minimum atomic E-state index is -0.0649. The maximum absolute atomic E-state index is 12.7. The molecule has 4 nitrogen and oxygen atoms in total. The minimum Gasteiger partial charge on any atom is -0.497 e. The second kappa shape index (κ2) is 7.63. The molecular formula is C23H28N2O2. The molecule has 2 aromatic rings. The SMILES string of the molecule is COc1ccc(C(NC(=O)NCC2(c3ccccc3)CCC2)C2CC2)cc1. The molecule has 2 saturated carbocycles. The molecule has 0 radical (unpaired) electrons. The zero-order valence-electron chi connectivity index (χ0n) is 15.9. The number of nitrogens with one attached hydrogen (secondary N) is 2. The lowest BCUT2D eigenvalue weighted by Crippen LogP contribution is -2.49. The summed E-state index contributed by atoms with van der Waals surface area (Å²) in [7, 11) is 1.67. The second-order valence-electron chi connectivity index (χ2n) is 7.92. The Morgan fingerprint density at radius 2 is 1.81 bits per heavy atom. The fourth-order valence-corrected chi connectivity index (χ4v) is 4.12. The molecule has 2 N–H and O–H groups in total. The van der Waals surface area contributed by atoms with Crippen molar-refractivity contribution in [2.24, 2.45) is 5.92 Å². The number of amides is 2. The van der Waals surface area contributed by atoms with Crippen molar-refractivity contribution < 1.29 is 9.53 Å². The van der Waals surface area contributed by atoms with Gasteiger partial charge < -0.3 is 15.4 Å². The first kappa shape index (κ1) is 17.9. The normalized spacial score (nSPS) is 18.9. The minimum absolute atomic E-state index is 0.0649. The molecule has 0 aromatic heterocycles. The van der Waals surface area contributed by atoms with E-state index in [9.17, 15) is 4.79 Å². The molecule has 2 fully saturated rings. The number of ether oxygens (including phenoxy) is 1. The van der Waals surface area contributed by atoms with Crippen molar-refractivity contribution in [1.82, 2.24) is 10.6 Å². The summed E-state index contributed by atoms with van der Waals surface area (Å²) >= 11 is 0. The first-order chi connectivity index (χ1) is 13.2. The van der Waals surface area contributed by atoms with Crippen LogP contribution in [0.1, 0.15) is 49.3 Å². The Labute approximate surface area is 161 Å². The van der Waals surface area contributed by atoms with Crippen molar-refractivity contribution in [3.05, 3.63) is 65.7 Å². The smallest absolute Gasteiger partial charge is 0.315 e. The fourth-order valence-electron chi connectivity index (χ4n) is 4.12. The lowest BCUT2D eigenvalue weighted by atomic mass is 9.64. The Hall–Kier alpha value is -2.49. The van der Waals surface area contributed by atoms with E-state index < -0.39 is 0 Å². The van der Waals surface area contributed by atoms with E-state index in [1.807, 2.05) is 18.2 Å². The van der Waals surface area contributed by atoms with E-state index in [1.54, 1.807) is 7.11 Å². The molecule has 2 aromatic carbocycles. The van der Waals surface area contributed by atoms with Gasteiger partial charge in [0.25, 0.3) is 0 Å². The van der Waals surface area contributed by atoms with Crippen LogP contribution in [0.5, 0.6) is 5.75 Å². The summed E-state index contributed by atoms with van der Waals surface area (Å²) < 4.78 is 5.24. The highest BCUT2D eigenvalue weighted by Gasteiger charge is 2.39. The topological polar surface area (TPSA) is 50.4 Å². The van der Waals surface area contributed by atoms with E-state index >= 15 is 0 Å². The maximum Gasteiger partial charge on any atom is 0.315 e. The van der Waals surface area contributed by atoms with Crippen LogP contribution in [0.25, 0.3) is 0 Å². The van der Waals surface area contributed by atoms with Gasteiger partial charge in [0, 0.05) is 12.0 Å². The zero-order valence-corrected chi connectivity index (χ0v) is 15.9. The van der Waals surface area contributed by atoms with Crippen molar-refractivity contribution in [1.29, 1.82) is 0 Å². The predicted octanol–water partition coefficient (Wildman–Crippen LogP) is 4.57. The highest BCUT2D eigenvalue weighted by molar-refractivity contribution is 5.74. The summed E-state index contributed by atoms with van der Waals surface area (Å²) in [4.78, 5) is 12.7. The highest BCUT2D eigenvalue weighted by atomic mass is 16.5. The van der Waals surface area contributed by atoms with E-state index in [-0.39, 0.29) is 17.5 Å². The second-order valence-corrected chi connectivity index (χ2v) is 7.92. The van der Waals surface area contributed by atoms with Gasteiger partial charge in [0.15, 0.2) is 0 Å². The van der Waals surface area contributed by atoms with Crippen molar-refractivity contribution in [2.75, 3.05) is 13.7 Å². The van der Waals surface area contributed by atoms with Crippen molar-refractivity contribution in [2.45, 2.75) is 43.6 Å². The number of hydrogen-bond donors (Lipinski definition) is 2. The lowest BCUT2D eigenvalue weighted by molar-refractivity contribution is 0.211. The number of hydrogen-bond acceptors (Lipinski definition) is 2. The Morgan fingerprint density at radius 3 is 2.37 bits per heavy atom. The van der Waals surface area contributed by atoms with Crippen LogP contribution in [-0.4, -0.2) is 19.7 Å². The molecule has 27 heavy (non-hydrogen) atoms. The Balaban J connectivity index is 1.38. The molecule has 2 aliphatic carbocycles. The molecule has 2 aliphatic rings. The van der Waals surface area contributed by atoms with Gasteiger partial charge in [-0.05, 0) is 54.9 Å². The number of rotatable bonds is 7. The number of urea groups is 1. The fraction of sp³-hybridized carbons (Fsp3) is 0.435. The number of carbonyl (C=O) groups excluding carboxylic acids is 1. The van der Waals surface area contributed by atoms with Gasteiger partial charge in [-0.15, -0.1) is 0 Å². The van der Waals surface area contributed by atoms with Crippen LogP contribution >= 0.6 is 0 Å². The van der Waals surface area contributed by atoms with E-state index in [0.29, 0.717) is 12.5 Å². The van der Waals surface area contributed by atoms with Gasteiger partial charge in [-0.25, -0.2) is 4.79 Å². The van der Waals surface area contributed by atoms with Crippen LogP contribution in [0.4, 0.5) is 4.79 Å². The number of carbonyl (C=O) groups is 1. The van der Waals surface area contributed by atoms with Crippen LogP contribution < -0.4 is 15.4 Å². The Morgan fingerprint density at radius 1 is 1.11 bits per heavy atom. The molecule has 0 spiro atoms. The molecular weight excluding hydrogens is 336 g/mol. The van der Waals surface area contributed by atoms with Crippen LogP contribution in [-0.2, 0) is 5.41 Å². The summed E-state index contributed by atoms with van der Waals surface area (Å²) in [5.74, 6) is 1.38. The van der Waals surface area contributed by atoms with Gasteiger partial charge in [-0.3, -0.25) is 0 Å². The molecule has 4 heteroatoms. The lowest BCUT2D eigenvalue weighted by Gasteiger charge is -2.42. The zero-order chi connectivity index (χ0) is 18.7. The molecule has 1 atom stereocenters. The van der Waals surface area contributed by atoms with E-state index in [4.69, 9.17) is 4.74 Å². The van der Waals surface area contributed by atoms with Gasteiger partial charge in [-0.1, -0.05) is 48.9 Å². The van der Waals surface area contributed by atoms with Crippen molar-refractivity contribution in [3.63, 3.8) is 0 Å². The summed E-state index contributed by atoms with van der Waals surface area (Å²) in [6.07, 6.45) is 5.86. The molecule has 142 valence electrons. The molecule has 0 heterocycles. The Kier molecular flexibility index (Phi) is 5.06. The third kappa shape index (κ3) is 3.95. The van der Waals surface area contributed by atoms with Gasteiger partial charge in [-0.2, -0.15) is 0 Å². The van der Waals surface area contributed by atoms with Crippen molar-refractivity contribution >= 4 is 6.03 Å². The van der Waals surface area contributed by atoms with Crippen molar-refractivity contribution in [3.8, 4) is 5.75 Å². The van der Waals surface area contributed by atoms with Gasteiger partial charge in [0.05, 0.1) is 13.2 Å². The third-order valence-electron chi connectivity index (χ3n) is 6.14. The summed E-state index contributed by atoms with van der Waals surface area (Å²) in [5, 5.41) is 6.37. The van der Waals surface area contributed by atoms with Gasteiger partial charge in [0.1, 0.15) is 5.75 Å². The van der Waals surface area contributed by atoms with E-state index in [2.05, 4.69) is 47.0 Å². The first-order valence-corrected chi connectivity index (χ1v) is 9.94. The van der Waals surface area contributed by atoms with E-state index in [0.717, 1.165) is 24.2 Å². The molecule has 0 saturated heterocycles. The molecule has 0 aliphatic heterocycles. The van der Waals surface area contributed by atoms with Crippen LogP contribution in [0.2, 0.25) is 0 Å². The summed E-state index contributed by atoms with van der Waals surface area (Å²) in [6.45, 7) is 0.697. The average molecular weight is 364 g/mol. The van der Waals surface area contributed by atoms with Gasteiger partial charge >= 0.3 is 6.03 Å². The molecule has 4 rings (SSSR count). The maximum atomic E-state index is 12.7. The standard InChI is InChI=1S/C23H28N2O2/c1-27-20-12-10-18(11-13-20)21(17-8-9-17)25-22(26)24-16-23(14-5-15-23)19-6-3-2-4-7-19/h2-4,6-7,10-13,17,21H,5,8-9,14-16H2,1H3,(H2,24,25,26). The monoisotopic (exact) mass is 364 g/mol. The summed E-state index contributed by atoms with van der Waals surface area (Å²) in [5.41, 5.74) is 2.59. The van der Waals surface area contributed by atoms with Crippen LogP contribution in [0.3, 0.4) is 0 Å². The summed E-state index contributed by atoms with van der Waals surface area (Å²) in [6, 6.07) is 18.6. The van der Waals surface area contributed by atoms with Crippen LogP contribution in [0, 0.1) is 5.92 Å². The average Bonchev–Trinajstić information content (AvgIpc) is 3.51. The Bertz CT molecular complexity index is 765. The molecule has 0 bridgehead atoms. The van der Waals surface area contributed by atoms with Gasteiger partial charge in [0.2, 0.25) is 0 Å². The number of benzene rings is 2. The number of methoxy groups -OCH3 is 1. The largest absolute Gasteiger partial charge is 0.497 e. The third-order valence-corrected chi connectivity index (χ3v) is 6.14. The quantitative estimate of drug-likeness (QED) is 0.756. The van der Waals surface area contributed by atoms with E-state index in [1.165, 1.54) is 24.8 Å². The highest BCUT2D eigenvalue weighted by Crippen LogP contribution is 2.43. The van der Waals surface area contributed by atoms with Crippen LogP contribution in [0.15, 0.2) is 54.6 Å².